The van der Waals surface area contributed by atoms with Gasteiger partial charge in [0.25, 0.3) is 5.91 Å². The molecule has 1 amide bonds. The second-order valence-electron chi connectivity index (χ2n) is 5.01. The second kappa shape index (κ2) is 9.06. The van der Waals surface area contributed by atoms with E-state index in [1.54, 1.807) is 24.3 Å². The Hall–Kier alpha value is -1.31. The minimum atomic E-state index is -1.97. The van der Waals surface area contributed by atoms with Crippen molar-refractivity contribution >= 4 is 75.3 Å². The van der Waals surface area contributed by atoms with Gasteiger partial charge in [0.05, 0.1) is 16.3 Å². The van der Waals surface area contributed by atoms with Crippen LogP contribution in [0.4, 0.5) is 10.1 Å². The van der Waals surface area contributed by atoms with Gasteiger partial charge in [0.1, 0.15) is 12.0 Å². The maximum atomic E-state index is 13.7. The first kappa shape index (κ1) is 21.0. The van der Waals surface area contributed by atoms with Gasteiger partial charge in [-0.05, 0) is 36.5 Å². The Labute approximate surface area is 174 Å². The molecule has 1 atom stereocenters. The number of alkyl halides is 3. The van der Waals surface area contributed by atoms with Gasteiger partial charge in [0, 0.05) is 0 Å². The molecule has 3 N–H and O–H groups in total. The van der Waals surface area contributed by atoms with Crippen LogP contribution in [0.2, 0.25) is 5.02 Å². The number of carbonyl (C=O) groups is 1. The molecule has 0 spiro atoms. The molecule has 0 heterocycles. The number of nitrogens with one attached hydrogen (secondary N) is 3. The van der Waals surface area contributed by atoms with Crippen LogP contribution in [0.1, 0.15) is 10.4 Å². The predicted octanol–water partition coefficient (Wildman–Crippen LogP) is 4.89. The zero-order valence-corrected chi connectivity index (χ0v) is 16.7. The normalized spacial score (nSPS) is 12.2. The van der Waals surface area contributed by atoms with E-state index in [2.05, 4.69) is 16.0 Å². The molecule has 0 aliphatic carbocycles. The molecular formula is C16H12Cl4FN3OS. The Balaban J connectivity index is 2.10. The molecule has 0 bridgehead atoms. The molecule has 10 heteroatoms. The van der Waals surface area contributed by atoms with Gasteiger partial charge in [0.2, 0.25) is 3.79 Å². The molecular weight excluding hydrogens is 443 g/mol. The lowest BCUT2D eigenvalue weighted by Crippen LogP contribution is -2.56. The molecule has 0 radical (unpaired) electrons. The van der Waals surface area contributed by atoms with Crippen LogP contribution in [0.5, 0.6) is 0 Å². The lowest BCUT2D eigenvalue weighted by molar-refractivity contribution is 0.0930. The third kappa shape index (κ3) is 5.86. The Morgan fingerprint density at radius 2 is 1.65 bits per heavy atom. The van der Waals surface area contributed by atoms with Gasteiger partial charge in [0.15, 0.2) is 5.11 Å². The first-order chi connectivity index (χ1) is 12.2. The van der Waals surface area contributed by atoms with Crippen LogP contribution in [-0.2, 0) is 0 Å². The highest BCUT2D eigenvalue weighted by Crippen LogP contribution is 2.29. The van der Waals surface area contributed by atoms with Crippen molar-refractivity contribution in [2.75, 3.05) is 5.32 Å². The van der Waals surface area contributed by atoms with Gasteiger partial charge in [-0.3, -0.25) is 4.79 Å². The summed E-state index contributed by atoms with van der Waals surface area (Å²) in [5.74, 6) is -1.47. The maximum absolute atomic E-state index is 13.7. The van der Waals surface area contributed by atoms with E-state index in [-0.39, 0.29) is 10.7 Å². The fourth-order valence-corrected chi connectivity index (χ4v) is 2.64. The molecule has 138 valence electrons. The van der Waals surface area contributed by atoms with Crippen molar-refractivity contribution in [1.82, 2.24) is 10.6 Å². The van der Waals surface area contributed by atoms with Gasteiger partial charge >= 0.3 is 0 Å². The summed E-state index contributed by atoms with van der Waals surface area (Å²) >= 11 is 28.9. The van der Waals surface area contributed by atoms with E-state index >= 15 is 0 Å². The number of rotatable bonds is 4. The summed E-state index contributed by atoms with van der Waals surface area (Å²) in [5.41, 5.74) is 0.327. The standard InChI is InChI=1S/C16H12Cl4FN3OS/c17-10-6-2-4-8-12(10)22-15(26)24-14(16(18,19)20)23-13(25)9-5-1-3-7-11(9)21/h1-8,14H,(H,23,25)(H2,22,24,26)/t14-/m1/s1. The summed E-state index contributed by atoms with van der Waals surface area (Å²) in [5, 5.41) is 8.36. The van der Waals surface area contributed by atoms with E-state index in [1.165, 1.54) is 18.2 Å². The van der Waals surface area contributed by atoms with E-state index in [4.69, 9.17) is 58.6 Å². The molecule has 2 aromatic carbocycles. The molecule has 26 heavy (non-hydrogen) atoms. The van der Waals surface area contributed by atoms with Gasteiger partial charge in [-0.1, -0.05) is 70.7 Å². The Morgan fingerprint density at radius 1 is 1.04 bits per heavy atom. The number of thiocarbonyl (C=S) groups is 1. The highest BCUT2D eigenvalue weighted by atomic mass is 35.6. The number of hydrogen-bond donors (Lipinski definition) is 3. The molecule has 0 aliphatic heterocycles. The van der Waals surface area contributed by atoms with E-state index in [0.29, 0.717) is 10.7 Å². The highest BCUT2D eigenvalue weighted by molar-refractivity contribution is 7.80. The molecule has 2 rings (SSSR count). The lowest BCUT2D eigenvalue weighted by Gasteiger charge is -2.28. The topological polar surface area (TPSA) is 53.2 Å². The van der Waals surface area contributed by atoms with E-state index in [0.717, 1.165) is 6.07 Å². The molecule has 4 nitrogen and oxygen atoms in total. The molecule has 0 saturated heterocycles. The van der Waals surface area contributed by atoms with Crippen LogP contribution in [0.15, 0.2) is 48.5 Å². The minimum absolute atomic E-state index is 0.0447. The number of hydrogen-bond acceptors (Lipinski definition) is 2. The van der Waals surface area contributed by atoms with Crippen molar-refractivity contribution < 1.29 is 9.18 Å². The fraction of sp³-hybridized carbons (Fsp3) is 0.125. The van der Waals surface area contributed by atoms with Crippen molar-refractivity contribution in [3.63, 3.8) is 0 Å². The zero-order valence-electron chi connectivity index (χ0n) is 12.9. The quantitative estimate of drug-likeness (QED) is 0.349. The minimum Gasteiger partial charge on any atom is -0.339 e. The number of halogens is 5. The van der Waals surface area contributed by atoms with Crippen LogP contribution in [-0.4, -0.2) is 21.0 Å². The number of carbonyl (C=O) groups excluding carboxylic acids is 1. The third-order valence-electron chi connectivity index (χ3n) is 3.12. The largest absolute Gasteiger partial charge is 0.339 e. The summed E-state index contributed by atoms with van der Waals surface area (Å²) in [6.07, 6.45) is -1.23. The van der Waals surface area contributed by atoms with Crippen LogP contribution in [0.25, 0.3) is 0 Å². The average Bonchev–Trinajstić information content (AvgIpc) is 2.56. The Bertz CT molecular complexity index is 816. The molecule has 0 unspecified atom stereocenters. The van der Waals surface area contributed by atoms with Crippen LogP contribution >= 0.6 is 58.6 Å². The zero-order chi connectivity index (χ0) is 19.3. The van der Waals surface area contributed by atoms with Crippen LogP contribution in [0, 0.1) is 5.82 Å². The van der Waals surface area contributed by atoms with Crippen molar-refractivity contribution in [3.8, 4) is 0 Å². The summed E-state index contributed by atoms with van der Waals surface area (Å²) in [4.78, 5) is 12.3. The van der Waals surface area contributed by atoms with Crippen molar-refractivity contribution in [2.24, 2.45) is 0 Å². The second-order valence-corrected chi connectivity index (χ2v) is 8.19. The van der Waals surface area contributed by atoms with Gasteiger partial charge in [-0.15, -0.1) is 0 Å². The van der Waals surface area contributed by atoms with Crippen molar-refractivity contribution in [3.05, 3.63) is 64.9 Å². The summed E-state index contributed by atoms with van der Waals surface area (Å²) in [6, 6.07) is 12.3. The van der Waals surface area contributed by atoms with Gasteiger partial charge in [-0.25, -0.2) is 4.39 Å². The van der Waals surface area contributed by atoms with E-state index in [1.807, 2.05) is 0 Å². The number of benzene rings is 2. The molecule has 0 aliphatic rings. The molecule has 0 saturated carbocycles. The summed E-state index contributed by atoms with van der Waals surface area (Å²) in [7, 11) is 0. The molecule has 0 fully saturated rings. The van der Waals surface area contributed by atoms with Gasteiger partial charge in [-0.2, -0.15) is 0 Å². The monoisotopic (exact) mass is 453 g/mol. The molecule has 2 aromatic rings. The highest BCUT2D eigenvalue weighted by Gasteiger charge is 2.35. The van der Waals surface area contributed by atoms with Gasteiger partial charge < -0.3 is 16.0 Å². The van der Waals surface area contributed by atoms with Crippen molar-refractivity contribution in [1.29, 1.82) is 0 Å². The first-order valence-corrected chi connectivity index (χ1v) is 9.04. The first-order valence-electron chi connectivity index (χ1n) is 7.12. The maximum Gasteiger partial charge on any atom is 0.255 e. The lowest BCUT2D eigenvalue weighted by atomic mass is 10.2. The van der Waals surface area contributed by atoms with Crippen molar-refractivity contribution in [2.45, 2.75) is 9.96 Å². The Kier molecular flexibility index (Phi) is 7.32. The number of anilines is 1. The van der Waals surface area contributed by atoms with E-state index in [9.17, 15) is 9.18 Å². The average molecular weight is 455 g/mol. The van der Waals surface area contributed by atoms with E-state index < -0.39 is 21.7 Å². The SMILES string of the molecule is O=C(N[C@H](NC(=S)Nc1ccccc1Cl)C(Cl)(Cl)Cl)c1ccccc1F. The summed E-state index contributed by atoms with van der Waals surface area (Å²) in [6.45, 7) is 0. The fourth-order valence-electron chi connectivity index (χ4n) is 1.91. The third-order valence-corrected chi connectivity index (χ3v) is 4.32. The smallest absolute Gasteiger partial charge is 0.255 e. The summed E-state index contributed by atoms with van der Waals surface area (Å²) < 4.78 is 11.8. The van der Waals surface area contributed by atoms with Crippen LogP contribution < -0.4 is 16.0 Å². The molecule has 0 aromatic heterocycles. The Morgan fingerprint density at radius 3 is 2.27 bits per heavy atom. The number of amides is 1. The van der Waals surface area contributed by atoms with Crippen LogP contribution in [0.3, 0.4) is 0 Å². The predicted molar refractivity (Wildman–Crippen MR) is 109 cm³/mol. The number of para-hydroxylation sites is 1.